The number of carbonyl (C=O) groups is 1. The molecule has 3 saturated heterocycles. The number of H-pyrrole nitrogens is 1. The van der Waals surface area contributed by atoms with E-state index in [1.165, 1.54) is 0 Å². The molecule has 0 aliphatic carbocycles. The molecular weight excluding hydrogens is 320 g/mol. The Labute approximate surface area is 148 Å². The molecule has 3 aliphatic heterocycles. The van der Waals surface area contributed by atoms with E-state index in [9.17, 15) is 9.90 Å². The van der Waals surface area contributed by atoms with E-state index in [4.69, 9.17) is 4.74 Å². The van der Waals surface area contributed by atoms with Crippen molar-refractivity contribution >= 4 is 5.91 Å². The van der Waals surface area contributed by atoms with Crippen LogP contribution in [0.1, 0.15) is 42.0 Å². The van der Waals surface area contributed by atoms with Gasteiger partial charge >= 0.3 is 0 Å². The van der Waals surface area contributed by atoms with Gasteiger partial charge in [-0.25, -0.2) is 4.98 Å². The van der Waals surface area contributed by atoms with Gasteiger partial charge in [-0.3, -0.25) is 9.69 Å². The highest BCUT2D eigenvalue weighted by Crippen LogP contribution is 2.42. The van der Waals surface area contributed by atoms with Crippen molar-refractivity contribution in [2.24, 2.45) is 5.41 Å². The highest BCUT2D eigenvalue weighted by Gasteiger charge is 2.43. The van der Waals surface area contributed by atoms with E-state index in [-0.39, 0.29) is 23.5 Å². The second-order valence-electron chi connectivity index (χ2n) is 8.01. The standard InChI is InChI=1S/C18H28N4O3/c1-13-19-9-16(20-13)17(24)22-6-3-18(4-7-22)8-15(25-12-18)11-21-5-2-14(23)10-21/h9,14-15,23H,2-8,10-12H2,1H3,(H,19,20)/t14-,15+/m0/s1. The number of imidazole rings is 1. The molecule has 3 fully saturated rings. The lowest BCUT2D eigenvalue weighted by atomic mass is 9.76. The molecule has 2 N–H and O–H groups in total. The van der Waals surface area contributed by atoms with Crippen LogP contribution >= 0.6 is 0 Å². The second kappa shape index (κ2) is 6.70. The largest absolute Gasteiger partial charge is 0.392 e. The predicted molar refractivity (Wildman–Crippen MR) is 92.3 cm³/mol. The summed E-state index contributed by atoms with van der Waals surface area (Å²) in [5, 5.41) is 9.67. The molecular formula is C18H28N4O3. The van der Waals surface area contributed by atoms with Crippen molar-refractivity contribution in [1.29, 1.82) is 0 Å². The summed E-state index contributed by atoms with van der Waals surface area (Å²) in [6.45, 7) is 6.91. The summed E-state index contributed by atoms with van der Waals surface area (Å²) in [5.74, 6) is 0.827. The molecule has 1 amide bonds. The number of nitrogens with zero attached hydrogens (tertiary/aromatic N) is 3. The summed E-state index contributed by atoms with van der Waals surface area (Å²) in [7, 11) is 0. The molecule has 0 aromatic carbocycles. The lowest BCUT2D eigenvalue weighted by Crippen LogP contribution is -2.44. The van der Waals surface area contributed by atoms with Crippen LogP contribution in [0.3, 0.4) is 0 Å². The summed E-state index contributed by atoms with van der Waals surface area (Å²) in [5.41, 5.74) is 0.811. The maximum Gasteiger partial charge on any atom is 0.271 e. The molecule has 0 bridgehead atoms. The molecule has 138 valence electrons. The van der Waals surface area contributed by atoms with Crippen LogP contribution in [-0.2, 0) is 4.74 Å². The number of aliphatic hydroxyl groups is 1. The van der Waals surface area contributed by atoms with Crippen LogP contribution in [0.5, 0.6) is 0 Å². The number of likely N-dealkylation sites (tertiary alicyclic amines) is 2. The minimum absolute atomic E-state index is 0.0527. The number of aromatic nitrogens is 2. The summed E-state index contributed by atoms with van der Waals surface area (Å²) in [4.78, 5) is 23.9. The average Bonchev–Trinajstić information content (AvgIpc) is 3.30. The average molecular weight is 348 g/mol. The molecule has 4 rings (SSSR count). The number of ether oxygens (including phenoxy) is 1. The van der Waals surface area contributed by atoms with Crippen LogP contribution in [-0.4, -0.2) is 82.3 Å². The molecule has 2 atom stereocenters. The van der Waals surface area contributed by atoms with Gasteiger partial charge < -0.3 is 19.7 Å². The molecule has 25 heavy (non-hydrogen) atoms. The van der Waals surface area contributed by atoms with Crippen LogP contribution in [0, 0.1) is 12.3 Å². The number of aromatic amines is 1. The third-order valence-corrected chi connectivity index (χ3v) is 6.04. The number of hydrogen-bond donors (Lipinski definition) is 2. The SMILES string of the molecule is Cc1ncc(C(=O)N2CCC3(CC2)CO[C@@H](CN2CC[C@H](O)C2)C3)[nH]1. The molecule has 3 aliphatic rings. The van der Waals surface area contributed by atoms with Crippen molar-refractivity contribution in [3.63, 3.8) is 0 Å². The Balaban J connectivity index is 1.29. The molecule has 7 heteroatoms. The van der Waals surface area contributed by atoms with Crippen LogP contribution in [0.15, 0.2) is 6.20 Å². The van der Waals surface area contributed by atoms with E-state index in [2.05, 4.69) is 14.9 Å². The van der Waals surface area contributed by atoms with Crippen LogP contribution in [0.25, 0.3) is 0 Å². The van der Waals surface area contributed by atoms with Gasteiger partial charge in [0, 0.05) is 32.7 Å². The Bertz CT molecular complexity index is 624. The van der Waals surface area contributed by atoms with E-state index >= 15 is 0 Å². The number of β-amino-alcohol motifs (C(OH)–C–C–N with tert-alkyl or cyclic N) is 1. The number of carbonyl (C=O) groups excluding carboxylic acids is 1. The number of piperidine rings is 1. The number of aliphatic hydroxyl groups excluding tert-OH is 1. The van der Waals surface area contributed by atoms with Gasteiger partial charge in [-0.1, -0.05) is 0 Å². The highest BCUT2D eigenvalue weighted by atomic mass is 16.5. The van der Waals surface area contributed by atoms with Crippen LogP contribution in [0.4, 0.5) is 0 Å². The maximum absolute atomic E-state index is 12.5. The fourth-order valence-corrected chi connectivity index (χ4v) is 4.51. The lowest BCUT2D eigenvalue weighted by Gasteiger charge is -2.38. The number of rotatable bonds is 3. The minimum atomic E-state index is -0.171. The number of hydrogen-bond acceptors (Lipinski definition) is 5. The van der Waals surface area contributed by atoms with Gasteiger partial charge in [0.05, 0.1) is 25.0 Å². The predicted octanol–water partition coefficient (Wildman–Crippen LogP) is 0.796. The Kier molecular flexibility index (Phi) is 4.56. The van der Waals surface area contributed by atoms with E-state index < -0.39 is 0 Å². The van der Waals surface area contributed by atoms with Crippen molar-refractivity contribution in [2.75, 3.05) is 39.3 Å². The van der Waals surface area contributed by atoms with E-state index in [0.717, 1.165) is 70.8 Å². The smallest absolute Gasteiger partial charge is 0.271 e. The maximum atomic E-state index is 12.5. The lowest BCUT2D eigenvalue weighted by molar-refractivity contribution is 0.0448. The topological polar surface area (TPSA) is 81.7 Å². The summed E-state index contributed by atoms with van der Waals surface area (Å²) >= 11 is 0. The third kappa shape index (κ3) is 3.59. The van der Waals surface area contributed by atoms with Crippen molar-refractivity contribution in [3.05, 3.63) is 17.7 Å². The monoisotopic (exact) mass is 348 g/mol. The molecule has 1 spiro atoms. The fourth-order valence-electron chi connectivity index (χ4n) is 4.51. The first-order valence-electron chi connectivity index (χ1n) is 9.36. The third-order valence-electron chi connectivity index (χ3n) is 6.04. The fraction of sp³-hybridized carbons (Fsp3) is 0.778. The van der Waals surface area contributed by atoms with Gasteiger partial charge in [-0.05, 0) is 38.0 Å². The van der Waals surface area contributed by atoms with Crippen molar-refractivity contribution in [1.82, 2.24) is 19.8 Å². The summed E-state index contributed by atoms with van der Waals surface area (Å²) in [6.07, 6.45) is 5.68. The Morgan fingerprint density at radius 2 is 2.24 bits per heavy atom. The van der Waals surface area contributed by atoms with Gasteiger partial charge in [-0.15, -0.1) is 0 Å². The van der Waals surface area contributed by atoms with E-state index in [1.807, 2.05) is 11.8 Å². The number of amides is 1. The first kappa shape index (κ1) is 17.0. The van der Waals surface area contributed by atoms with Crippen LogP contribution in [0.2, 0.25) is 0 Å². The highest BCUT2D eigenvalue weighted by molar-refractivity contribution is 5.92. The van der Waals surface area contributed by atoms with Crippen molar-refractivity contribution in [3.8, 4) is 0 Å². The normalized spacial score (nSPS) is 29.6. The number of nitrogens with one attached hydrogen (secondary N) is 1. The number of aryl methyl sites for hydroxylation is 1. The first-order valence-corrected chi connectivity index (χ1v) is 9.36. The molecule has 0 radical (unpaired) electrons. The molecule has 0 saturated carbocycles. The first-order chi connectivity index (χ1) is 12.0. The molecule has 0 unspecified atom stereocenters. The summed E-state index contributed by atoms with van der Waals surface area (Å²) < 4.78 is 6.08. The molecule has 1 aromatic heterocycles. The molecule has 1 aromatic rings. The van der Waals surface area contributed by atoms with Gasteiger partial charge in [0.15, 0.2) is 0 Å². The zero-order valence-electron chi connectivity index (χ0n) is 14.9. The van der Waals surface area contributed by atoms with E-state index in [1.54, 1.807) is 6.20 Å². The van der Waals surface area contributed by atoms with Gasteiger partial charge in [0.2, 0.25) is 0 Å². The van der Waals surface area contributed by atoms with Gasteiger partial charge in [0.1, 0.15) is 11.5 Å². The van der Waals surface area contributed by atoms with Crippen LogP contribution < -0.4 is 0 Å². The summed E-state index contributed by atoms with van der Waals surface area (Å²) in [6, 6.07) is 0. The van der Waals surface area contributed by atoms with Gasteiger partial charge in [0.25, 0.3) is 5.91 Å². The second-order valence-corrected chi connectivity index (χ2v) is 8.01. The Morgan fingerprint density at radius 1 is 1.44 bits per heavy atom. The Hall–Kier alpha value is -1.44. The van der Waals surface area contributed by atoms with Crippen molar-refractivity contribution < 1.29 is 14.6 Å². The Morgan fingerprint density at radius 3 is 2.88 bits per heavy atom. The van der Waals surface area contributed by atoms with E-state index in [0.29, 0.717) is 5.69 Å². The van der Waals surface area contributed by atoms with Crippen molar-refractivity contribution in [2.45, 2.75) is 44.8 Å². The zero-order chi connectivity index (χ0) is 17.4. The van der Waals surface area contributed by atoms with Gasteiger partial charge in [-0.2, -0.15) is 0 Å². The molecule has 4 heterocycles. The zero-order valence-corrected chi connectivity index (χ0v) is 14.9. The molecule has 7 nitrogen and oxygen atoms in total. The quantitative estimate of drug-likeness (QED) is 0.844. The minimum Gasteiger partial charge on any atom is -0.392 e.